The number of carbonyl (C=O) groups is 1. The van der Waals surface area contributed by atoms with E-state index in [1.807, 2.05) is 0 Å². The quantitative estimate of drug-likeness (QED) is 0.480. The number of benzene rings is 1. The van der Waals surface area contributed by atoms with E-state index in [0.29, 0.717) is 12.5 Å². The van der Waals surface area contributed by atoms with E-state index in [1.165, 1.54) is 108 Å². The molecule has 3 heterocycles. The van der Waals surface area contributed by atoms with Gasteiger partial charge in [0.05, 0.1) is 13.5 Å². The number of nitrogens with zero attached hydrogens (tertiary/aromatic N) is 2. The van der Waals surface area contributed by atoms with Crippen molar-refractivity contribution in [1.82, 2.24) is 9.47 Å². The van der Waals surface area contributed by atoms with Crippen LogP contribution in [0.5, 0.6) is 0 Å². The molecule has 2 aliphatic heterocycles. The topological polar surface area (TPSA) is 34.5 Å². The van der Waals surface area contributed by atoms with Crippen molar-refractivity contribution in [3.63, 3.8) is 0 Å². The van der Waals surface area contributed by atoms with Crippen LogP contribution >= 0.6 is 0 Å². The molecule has 180 valence electrons. The summed E-state index contributed by atoms with van der Waals surface area (Å²) in [5.74, 6) is -0.152. The minimum Gasteiger partial charge on any atom is -0.469 e. The molecular formula is C29H42N2O2. The molecule has 1 saturated carbocycles. The highest BCUT2D eigenvalue weighted by molar-refractivity contribution is 5.88. The lowest BCUT2D eigenvalue weighted by Gasteiger charge is -2.53. The molecule has 3 fully saturated rings. The number of rotatable bonds is 4. The van der Waals surface area contributed by atoms with E-state index in [-0.39, 0.29) is 5.97 Å². The van der Waals surface area contributed by atoms with Gasteiger partial charge in [0.15, 0.2) is 0 Å². The van der Waals surface area contributed by atoms with E-state index in [4.69, 9.17) is 4.74 Å². The third-order valence-corrected chi connectivity index (χ3v) is 8.78. The van der Waals surface area contributed by atoms with Crippen molar-refractivity contribution in [2.45, 2.75) is 120 Å². The Labute approximate surface area is 199 Å². The van der Waals surface area contributed by atoms with Crippen molar-refractivity contribution >= 4 is 16.9 Å². The number of carbonyl (C=O) groups excluding carboxylic acids is 1. The molecule has 2 aromatic rings. The highest BCUT2D eigenvalue weighted by Gasteiger charge is 2.42. The Balaban J connectivity index is 1.38. The third-order valence-electron chi connectivity index (χ3n) is 8.78. The first-order valence-electron chi connectivity index (χ1n) is 13.7. The van der Waals surface area contributed by atoms with Gasteiger partial charge in [-0.1, -0.05) is 69.6 Å². The highest BCUT2D eigenvalue weighted by atomic mass is 16.5. The van der Waals surface area contributed by atoms with E-state index >= 15 is 0 Å². The van der Waals surface area contributed by atoms with Crippen LogP contribution in [-0.4, -0.2) is 40.7 Å². The summed E-state index contributed by atoms with van der Waals surface area (Å²) < 4.78 is 7.50. The maximum absolute atomic E-state index is 12.0. The van der Waals surface area contributed by atoms with Crippen molar-refractivity contribution in [3.8, 4) is 0 Å². The molecule has 2 bridgehead atoms. The fourth-order valence-electron chi connectivity index (χ4n) is 7.25. The molecule has 1 aromatic carbocycles. The molecule has 0 amide bonds. The summed E-state index contributed by atoms with van der Waals surface area (Å²) in [5, 5.41) is 1.21. The molecule has 0 spiro atoms. The monoisotopic (exact) mass is 450 g/mol. The second kappa shape index (κ2) is 10.6. The zero-order valence-corrected chi connectivity index (χ0v) is 20.5. The second-order valence-electron chi connectivity index (χ2n) is 10.8. The van der Waals surface area contributed by atoms with Crippen LogP contribution in [0.4, 0.5) is 0 Å². The molecule has 3 atom stereocenters. The minimum atomic E-state index is -0.152. The Morgan fingerprint density at radius 2 is 1.42 bits per heavy atom. The predicted molar refractivity (Wildman–Crippen MR) is 135 cm³/mol. The summed E-state index contributed by atoms with van der Waals surface area (Å²) in [6.45, 7) is 0. The van der Waals surface area contributed by atoms with Gasteiger partial charge in [0.2, 0.25) is 0 Å². The zero-order valence-electron chi connectivity index (χ0n) is 20.5. The maximum atomic E-state index is 12.0. The van der Waals surface area contributed by atoms with Crippen LogP contribution in [0.25, 0.3) is 10.9 Å². The minimum absolute atomic E-state index is 0.152. The molecule has 1 unspecified atom stereocenters. The second-order valence-corrected chi connectivity index (χ2v) is 10.8. The van der Waals surface area contributed by atoms with Gasteiger partial charge in [-0.15, -0.1) is 0 Å². The van der Waals surface area contributed by atoms with Crippen molar-refractivity contribution < 1.29 is 9.53 Å². The normalized spacial score (nSPS) is 28.0. The summed E-state index contributed by atoms with van der Waals surface area (Å²) in [6, 6.07) is 11.4. The van der Waals surface area contributed by atoms with E-state index in [2.05, 4.69) is 39.9 Å². The van der Waals surface area contributed by atoms with Crippen molar-refractivity contribution in [2.75, 3.05) is 7.11 Å². The zero-order chi connectivity index (χ0) is 22.6. The van der Waals surface area contributed by atoms with E-state index in [0.717, 1.165) is 23.7 Å². The summed E-state index contributed by atoms with van der Waals surface area (Å²) in [7, 11) is 1.48. The Morgan fingerprint density at radius 1 is 0.818 bits per heavy atom. The van der Waals surface area contributed by atoms with Crippen LogP contribution in [0, 0.1) is 0 Å². The van der Waals surface area contributed by atoms with Gasteiger partial charge in [0.1, 0.15) is 0 Å². The smallest absolute Gasteiger partial charge is 0.310 e. The molecule has 33 heavy (non-hydrogen) atoms. The van der Waals surface area contributed by atoms with Crippen molar-refractivity contribution in [3.05, 3.63) is 36.0 Å². The molecule has 0 radical (unpaired) electrons. The maximum Gasteiger partial charge on any atom is 0.310 e. The van der Waals surface area contributed by atoms with Gasteiger partial charge in [-0.3, -0.25) is 9.69 Å². The van der Waals surface area contributed by atoms with Gasteiger partial charge >= 0.3 is 5.97 Å². The van der Waals surface area contributed by atoms with E-state index in [1.54, 1.807) is 0 Å². The average Bonchev–Trinajstić information content (AvgIpc) is 3.20. The van der Waals surface area contributed by atoms with Gasteiger partial charge in [-0.05, 0) is 50.2 Å². The largest absolute Gasteiger partial charge is 0.469 e. The molecule has 4 heteroatoms. The average molecular weight is 451 g/mol. The Kier molecular flexibility index (Phi) is 7.40. The number of fused-ring (bicyclic) bond motifs is 3. The first-order chi connectivity index (χ1) is 16.2. The summed E-state index contributed by atoms with van der Waals surface area (Å²) in [4.78, 5) is 15.1. The number of para-hydroxylation sites is 1. The predicted octanol–water partition coefficient (Wildman–Crippen LogP) is 6.81. The fourth-order valence-corrected chi connectivity index (χ4v) is 7.25. The first-order valence-corrected chi connectivity index (χ1v) is 13.7. The third kappa shape index (κ3) is 5.01. The number of piperidine rings is 2. The first kappa shape index (κ1) is 23.0. The number of aromatic nitrogens is 1. The summed E-state index contributed by atoms with van der Waals surface area (Å²) >= 11 is 0. The van der Waals surface area contributed by atoms with Crippen LogP contribution in [0.15, 0.2) is 30.5 Å². The van der Waals surface area contributed by atoms with Gasteiger partial charge in [-0.2, -0.15) is 0 Å². The number of ether oxygens (including phenoxy) is 1. The Bertz CT molecular complexity index is 911. The standard InChI is InChI=1S/C29H42N2O2/c1-33-29(32)18-22-21-30(28-17-10-9-16-27(22)28)26-19-24-14-11-15-25(20-26)31(24)23-12-7-5-3-2-4-6-8-13-23/h9-10,16-17,21,23-26H,2-8,11-15,18-20H2,1H3/t24-,25+,26?. The molecule has 3 aliphatic rings. The van der Waals surface area contributed by atoms with Crippen LogP contribution < -0.4 is 0 Å². The van der Waals surface area contributed by atoms with Crippen LogP contribution in [-0.2, 0) is 16.0 Å². The molecule has 2 saturated heterocycles. The lowest BCUT2D eigenvalue weighted by atomic mass is 9.79. The lowest BCUT2D eigenvalue weighted by molar-refractivity contribution is -0.139. The SMILES string of the molecule is COC(=O)Cc1cn(C2C[C@H]3CCC[C@@H](C2)N3C2CCCCCCCCC2)c2ccccc12. The number of esters is 1. The number of methoxy groups -OCH3 is 1. The van der Waals surface area contributed by atoms with Gasteiger partial charge in [0, 0.05) is 41.3 Å². The van der Waals surface area contributed by atoms with E-state index < -0.39 is 0 Å². The van der Waals surface area contributed by atoms with Crippen LogP contribution in [0.1, 0.15) is 101 Å². The van der Waals surface area contributed by atoms with Gasteiger partial charge in [-0.25, -0.2) is 0 Å². The molecular weight excluding hydrogens is 408 g/mol. The van der Waals surface area contributed by atoms with Gasteiger partial charge < -0.3 is 9.30 Å². The Morgan fingerprint density at radius 3 is 2.09 bits per heavy atom. The van der Waals surface area contributed by atoms with E-state index in [9.17, 15) is 4.79 Å². The van der Waals surface area contributed by atoms with Crippen LogP contribution in [0.3, 0.4) is 0 Å². The molecule has 1 aromatic heterocycles. The molecule has 1 aliphatic carbocycles. The molecule has 4 nitrogen and oxygen atoms in total. The number of hydrogen-bond donors (Lipinski definition) is 0. The summed E-state index contributed by atoms with van der Waals surface area (Å²) in [6.07, 6.45) is 22.1. The highest BCUT2D eigenvalue weighted by Crippen LogP contribution is 2.43. The molecule has 0 N–H and O–H groups in total. The van der Waals surface area contributed by atoms with Crippen molar-refractivity contribution in [1.29, 1.82) is 0 Å². The number of hydrogen-bond acceptors (Lipinski definition) is 3. The molecule has 5 rings (SSSR count). The van der Waals surface area contributed by atoms with Crippen molar-refractivity contribution in [2.24, 2.45) is 0 Å². The van der Waals surface area contributed by atoms with Gasteiger partial charge in [0.25, 0.3) is 0 Å². The van der Waals surface area contributed by atoms with Crippen LogP contribution in [0.2, 0.25) is 0 Å². The fraction of sp³-hybridized carbons (Fsp3) is 0.690. The summed E-state index contributed by atoms with van der Waals surface area (Å²) in [5.41, 5.74) is 2.39. The Hall–Kier alpha value is -1.81. The lowest BCUT2D eigenvalue weighted by Crippen LogP contribution is -2.56.